The molecule has 2 amide bonds. The summed E-state index contributed by atoms with van der Waals surface area (Å²) in [5.41, 5.74) is 4.70. The molecule has 0 saturated carbocycles. The number of rotatable bonds is 8. The van der Waals surface area contributed by atoms with Crippen LogP contribution < -0.4 is 20.3 Å². The molecule has 4 N–H and O–H groups in total. The molecule has 13 heteroatoms. The van der Waals surface area contributed by atoms with Crippen molar-refractivity contribution >= 4 is 18.0 Å². The number of carbonyl (C=O) groups is 3. The van der Waals surface area contributed by atoms with E-state index >= 15 is 0 Å². The zero-order valence-electron chi connectivity index (χ0n) is 16.1. The van der Waals surface area contributed by atoms with Gasteiger partial charge in [-0.3, -0.25) is 15.0 Å². The number of hydrogen-bond donors (Lipinski definition) is 4. The predicted octanol–water partition coefficient (Wildman–Crippen LogP) is 3.04. The summed E-state index contributed by atoms with van der Waals surface area (Å²) >= 11 is 0. The molecular weight excluding hydrogens is 444 g/mol. The van der Waals surface area contributed by atoms with E-state index in [1.807, 2.05) is 5.43 Å². The lowest BCUT2D eigenvalue weighted by atomic mass is 10.1. The monoisotopic (exact) mass is 462 g/mol. The largest absolute Gasteiger partial charge is 0.481 e. The molecule has 0 atom stereocenters. The molecule has 0 bridgehead atoms. The Balaban J connectivity index is 0.000000330. The first-order valence-electron chi connectivity index (χ1n) is 8.62. The molecule has 0 unspecified atom stereocenters. The van der Waals surface area contributed by atoms with Gasteiger partial charge in [0.1, 0.15) is 11.5 Å². The lowest BCUT2D eigenvalue weighted by molar-refractivity contribution is -0.136. The van der Waals surface area contributed by atoms with Gasteiger partial charge in [0.05, 0.1) is 12.8 Å². The Kier molecular flexibility index (Phi) is 10.8. The Hall–Kier alpha value is -4.03. The molecule has 0 saturated heterocycles. The SMILES string of the molecule is O=C(O)Cc1ccc(OC(F)F)cc1.O=C(O)NNC(=O)Cc1ccc(OC(F)F)cc1. The highest BCUT2D eigenvalue weighted by atomic mass is 19.3. The molecule has 0 radical (unpaired) electrons. The molecule has 0 fully saturated rings. The molecule has 0 aliphatic rings. The van der Waals surface area contributed by atoms with E-state index < -0.39 is 31.2 Å². The zero-order valence-corrected chi connectivity index (χ0v) is 16.1. The van der Waals surface area contributed by atoms with E-state index in [0.717, 1.165) is 0 Å². The lowest BCUT2D eigenvalue weighted by Crippen LogP contribution is -2.41. The van der Waals surface area contributed by atoms with Gasteiger partial charge in [-0.15, -0.1) is 0 Å². The molecule has 2 aromatic rings. The summed E-state index contributed by atoms with van der Waals surface area (Å²) in [4.78, 5) is 31.6. The van der Waals surface area contributed by atoms with Crippen LogP contribution in [0.15, 0.2) is 48.5 Å². The third-order valence-corrected chi connectivity index (χ3v) is 3.33. The van der Waals surface area contributed by atoms with Gasteiger partial charge >= 0.3 is 25.3 Å². The third kappa shape index (κ3) is 11.8. The summed E-state index contributed by atoms with van der Waals surface area (Å²) in [7, 11) is 0. The van der Waals surface area contributed by atoms with Gasteiger partial charge in [0.25, 0.3) is 0 Å². The van der Waals surface area contributed by atoms with E-state index in [2.05, 4.69) is 9.47 Å². The number of alkyl halides is 4. The number of hydrazine groups is 1. The molecule has 0 aromatic heterocycles. The Morgan fingerprint density at radius 2 is 1.12 bits per heavy atom. The average molecular weight is 462 g/mol. The fourth-order valence-corrected chi connectivity index (χ4v) is 2.10. The zero-order chi connectivity index (χ0) is 24.1. The number of halogens is 4. The van der Waals surface area contributed by atoms with Crippen molar-refractivity contribution in [3.63, 3.8) is 0 Å². The molecule has 9 nitrogen and oxygen atoms in total. The summed E-state index contributed by atoms with van der Waals surface area (Å²) in [6, 6.07) is 10.9. The second-order valence-corrected chi connectivity index (χ2v) is 5.77. The Morgan fingerprint density at radius 1 is 0.719 bits per heavy atom. The number of carboxylic acids is 1. The summed E-state index contributed by atoms with van der Waals surface area (Å²) < 4.78 is 55.4. The van der Waals surface area contributed by atoms with Crippen molar-refractivity contribution in [3.05, 3.63) is 59.7 Å². The Bertz CT molecular complexity index is 878. The first-order chi connectivity index (χ1) is 15.0. The summed E-state index contributed by atoms with van der Waals surface area (Å²) in [6.45, 7) is -5.76. The average Bonchev–Trinajstić information content (AvgIpc) is 2.69. The van der Waals surface area contributed by atoms with Crippen LogP contribution in [0.1, 0.15) is 11.1 Å². The lowest BCUT2D eigenvalue weighted by Gasteiger charge is -2.06. The number of hydrogen-bond acceptors (Lipinski definition) is 5. The maximum atomic E-state index is 11.9. The van der Waals surface area contributed by atoms with Crippen LogP contribution in [-0.2, 0) is 22.4 Å². The van der Waals surface area contributed by atoms with E-state index in [9.17, 15) is 31.9 Å². The quantitative estimate of drug-likeness (QED) is 0.350. The van der Waals surface area contributed by atoms with Crippen molar-refractivity contribution in [1.29, 1.82) is 0 Å². The molecule has 0 spiro atoms. The van der Waals surface area contributed by atoms with Crippen molar-refractivity contribution in [1.82, 2.24) is 10.9 Å². The standard InChI is InChI=1S/C10H10F2N2O4.C9H8F2O3/c11-9(12)18-7-3-1-6(2-4-7)5-8(15)13-14-10(16)17;10-9(11)14-7-3-1-6(2-4-7)5-8(12)13/h1-4,9,14H,5H2,(H,13,15)(H,16,17);1-4,9H,5H2,(H,12,13). The maximum absolute atomic E-state index is 11.9. The topological polar surface area (TPSA) is 134 Å². The fourth-order valence-electron chi connectivity index (χ4n) is 2.10. The van der Waals surface area contributed by atoms with Gasteiger partial charge in [-0.2, -0.15) is 17.6 Å². The Labute approximate surface area is 178 Å². The fraction of sp³-hybridized carbons (Fsp3) is 0.211. The summed E-state index contributed by atoms with van der Waals surface area (Å²) in [6.07, 6.45) is -1.60. The maximum Gasteiger partial charge on any atom is 0.423 e. The second-order valence-electron chi connectivity index (χ2n) is 5.77. The smallest absolute Gasteiger partial charge is 0.423 e. The highest BCUT2D eigenvalue weighted by Gasteiger charge is 2.07. The van der Waals surface area contributed by atoms with Gasteiger partial charge in [0.2, 0.25) is 5.91 Å². The number of carbonyl (C=O) groups excluding carboxylic acids is 1. The predicted molar refractivity (Wildman–Crippen MR) is 100 cm³/mol. The number of ether oxygens (including phenoxy) is 2. The Morgan fingerprint density at radius 3 is 1.47 bits per heavy atom. The highest BCUT2D eigenvalue weighted by molar-refractivity contribution is 5.80. The third-order valence-electron chi connectivity index (χ3n) is 3.33. The van der Waals surface area contributed by atoms with E-state index in [1.165, 1.54) is 48.5 Å². The minimum absolute atomic E-state index is 0.0159. The van der Waals surface area contributed by atoms with Crippen LogP contribution in [0.5, 0.6) is 11.5 Å². The highest BCUT2D eigenvalue weighted by Crippen LogP contribution is 2.16. The number of carboxylic acid groups (broad SMARTS) is 2. The van der Waals surface area contributed by atoms with E-state index in [-0.39, 0.29) is 24.3 Å². The van der Waals surface area contributed by atoms with E-state index in [1.54, 1.807) is 5.43 Å². The van der Waals surface area contributed by atoms with Gasteiger partial charge < -0.3 is 19.7 Å². The van der Waals surface area contributed by atoms with E-state index in [4.69, 9.17) is 10.2 Å². The first-order valence-corrected chi connectivity index (χ1v) is 8.62. The molecule has 0 heterocycles. The van der Waals surface area contributed by atoms with Gasteiger partial charge in [-0.1, -0.05) is 24.3 Å². The van der Waals surface area contributed by atoms with Crippen molar-refractivity contribution in [3.8, 4) is 11.5 Å². The van der Waals surface area contributed by atoms with E-state index in [0.29, 0.717) is 11.1 Å². The number of aliphatic carboxylic acids is 1. The molecule has 0 aliphatic carbocycles. The minimum Gasteiger partial charge on any atom is -0.481 e. The molecule has 32 heavy (non-hydrogen) atoms. The van der Waals surface area contributed by atoms with Crippen LogP contribution in [0.25, 0.3) is 0 Å². The number of benzene rings is 2. The van der Waals surface area contributed by atoms with Crippen molar-refractivity contribution in [2.24, 2.45) is 0 Å². The van der Waals surface area contributed by atoms with Gasteiger partial charge in [-0.25, -0.2) is 10.2 Å². The minimum atomic E-state index is -2.90. The van der Waals surface area contributed by atoms with Crippen LogP contribution in [-0.4, -0.2) is 41.4 Å². The molecular formula is C19H18F4N2O7. The molecule has 2 aromatic carbocycles. The first kappa shape index (κ1) is 26.0. The van der Waals surface area contributed by atoms with Crippen LogP contribution >= 0.6 is 0 Å². The molecule has 174 valence electrons. The van der Waals surface area contributed by atoms with Crippen molar-refractivity contribution in [2.75, 3.05) is 0 Å². The van der Waals surface area contributed by atoms with Gasteiger partial charge in [0, 0.05) is 0 Å². The van der Waals surface area contributed by atoms with Crippen molar-refractivity contribution in [2.45, 2.75) is 26.1 Å². The molecule has 2 rings (SSSR count). The summed E-state index contributed by atoms with van der Waals surface area (Å²) in [5.74, 6) is -1.53. The van der Waals surface area contributed by atoms with Crippen LogP contribution in [0, 0.1) is 0 Å². The van der Waals surface area contributed by atoms with Gasteiger partial charge in [-0.05, 0) is 35.4 Å². The van der Waals surface area contributed by atoms with Crippen LogP contribution in [0.3, 0.4) is 0 Å². The second kappa shape index (κ2) is 13.3. The normalized spacial score (nSPS) is 10.1. The number of amides is 2. The summed E-state index contributed by atoms with van der Waals surface area (Å²) in [5, 5.41) is 16.7. The van der Waals surface area contributed by atoms with Crippen molar-refractivity contribution < 1.29 is 51.6 Å². The number of nitrogens with one attached hydrogen (secondary N) is 2. The van der Waals surface area contributed by atoms with Gasteiger partial charge in [0.15, 0.2) is 0 Å². The molecule has 0 aliphatic heterocycles. The van der Waals surface area contributed by atoms with Crippen LogP contribution in [0.4, 0.5) is 22.4 Å². The van der Waals surface area contributed by atoms with Crippen LogP contribution in [0.2, 0.25) is 0 Å².